The highest BCUT2D eigenvalue weighted by atomic mass is 19.1. The minimum absolute atomic E-state index is 0.127. The van der Waals surface area contributed by atoms with Crippen molar-refractivity contribution in [3.05, 3.63) is 70.5 Å². The van der Waals surface area contributed by atoms with Gasteiger partial charge >= 0.3 is 6.03 Å². The molecule has 1 atom stereocenters. The summed E-state index contributed by atoms with van der Waals surface area (Å²) in [5, 5.41) is 2.72. The van der Waals surface area contributed by atoms with Gasteiger partial charge in [0, 0.05) is 5.56 Å². The molecule has 0 spiro atoms. The Labute approximate surface area is 156 Å². The molecule has 5 nitrogen and oxygen atoms in total. The highest BCUT2D eigenvalue weighted by Crippen LogP contribution is 2.32. The number of Topliss-reactive ketones (excluding diaryl/α,β-unsaturated/α-hetero) is 1. The Bertz CT molecular complexity index is 972. The zero-order chi connectivity index (χ0) is 19.2. The summed E-state index contributed by atoms with van der Waals surface area (Å²) in [6, 6.07) is 10.4. The van der Waals surface area contributed by atoms with Crippen LogP contribution in [0.5, 0.6) is 0 Å². The zero-order valence-electron chi connectivity index (χ0n) is 14.9. The van der Waals surface area contributed by atoms with E-state index in [1.54, 1.807) is 6.92 Å². The quantitative estimate of drug-likeness (QED) is 0.668. The number of aryl methyl sites for hydroxylation is 2. The summed E-state index contributed by atoms with van der Waals surface area (Å²) >= 11 is 0. The van der Waals surface area contributed by atoms with E-state index in [0.717, 1.165) is 30.2 Å². The summed E-state index contributed by atoms with van der Waals surface area (Å²) in [6.45, 7) is 1.23. The number of benzene rings is 2. The number of urea groups is 1. The van der Waals surface area contributed by atoms with Crippen molar-refractivity contribution in [1.29, 1.82) is 0 Å². The molecule has 0 bridgehead atoms. The zero-order valence-corrected chi connectivity index (χ0v) is 14.9. The number of rotatable bonds is 4. The van der Waals surface area contributed by atoms with E-state index in [1.807, 2.05) is 18.2 Å². The van der Waals surface area contributed by atoms with Crippen molar-refractivity contribution in [3.8, 4) is 0 Å². The van der Waals surface area contributed by atoms with Crippen molar-refractivity contribution in [3.63, 3.8) is 0 Å². The number of fused-ring (bicyclic) bond motifs is 1. The molecular formula is C21H19FN2O3. The lowest BCUT2D eigenvalue weighted by atomic mass is 9.89. The summed E-state index contributed by atoms with van der Waals surface area (Å²) in [7, 11) is 0. The van der Waals surface area contributed by atoms with Gasteiger partial charge in [-0.25, -0.2) is 9.18 Å². The molecule has 1 saturated heterocycles. The Morgan fingerprint density at radius 1 is 1.15 bits per heavy atom. The SMILES string of the molecule is C[C@]1(c2ccc3c(c2)CCC3)NC(=O)N(CC(=O)c2cccc(F)c2)C1=O. The Kier molecular flexibility index (Phi) is 4.06. The van der Waals surface area contributed by atoms with Crippen molar-refractivity contribution < 1.29 is 18.8 Å². The number of amides is 3. The lowest BCUT2D eigenvalue weighted by Crippen LogP contribution is -2.41. The van der Waals surface area contributed by atoms with E-state index in [0.29, 0.717) is 5.56 Å². The Hall–Kier alpha value is -3.02. The van der Waals surface area contributed by atoms with Crippen LogP contribution in [0.1, 0.15) is 40.4 Å². The van der Waals surface area contributed by atoms with Crippen LogP contribution in [0.15, 0.2) is 42.5 Å². The molecule has 3 amide bonds. The van der Waals surface area contributed by atoms with Crippen molar-refractivity contribution in [2.24, 2.45) is 0 Å². The number of hydrogen-bond acceptors (Lipinski definition) is 3. The molecule has 1 aliphatic carbocycles. The van der Waals surface area contributed by atoms with Crippen molar-refractivity contribution in [2.75, 3.05) is 6.54 Å². The van der Waals surface area contributed by atoms with Gasteiger partial charge in [-0.2, -0.15) is 0 Å². The van der Waals surface area contributed by atoms with Gasteiger partial charge in [0.05, 0.1) is 6.54 Å². The second kappa shape index (κ2) is 6.30. The lowest BCUT2D eigenvalue weighted by molar-refractivity contribution is -0.130. The van der Waals surface area contributed by atoms with Crippen LogP contribution in [-0.2, 0) is 23.2 Å². The van der Waals surface area contributed by atoms with Crippen molar-refractivity contribution in [1.82, 2.24) is 10.2 Å². The van der Waals surface area contributed by atoms with E-state index in [-0.39, 0.29) is 5.56 Å². The predicted molar refractivity (Wildman–Crippen MR) is 96.8 cm³/mol. The number of imide groups is 1. The molecule has 2 aromatic rings. The Morgan fingerprint density at radius 3 is 2.70 bits per heavy atom. The number of nitrogens with zero attached hydrogens (tertiary/aromatic N) is 1. The molecule has 0 aromatic heterocycles. The van der Waals surface area contributed by atoms with Crippen LogP contribution < -0.4 is 5.32 Å². The molecule has 0 saturated carbocycles. The van der Waals surface area contributed by atoms with E-state index in [4.69, 9.17) is 0 Å². The Balaban J connectivity index is 1.59. The third-order valence-electron chi connectivity index (χ3n) is 5.40. The number of hydrogen-bond donors (Lipinski definition) is 1. The molecule has 1 fully saturated rings. The monoisotopic (exact) mass is 366 g/mol. The first-order chi connectivity index (χ1) is 12.9. The van der Waals surface area contributed by atoms with Crippen molar-refractivity contribution in [2.45, 2.75) is 31.7 Å². The first kappa shape index (κ1) is 17.4. The highest BCUT2D eigenvalue weighted by molar-refractivity contribution is 6.11. The first-order valence-corrected chi connectivity index (χ1v) is 8.93. The van der Waals surface area contributed by atoms with Gasteiger partial charge in [0.25, 0.3) is 5.91 Å². The van der Waals surface area contributed by atoms with Crippen LogP contribution in [0.3, 0.4) is 0 Å². The first-order valence-electron chi connectivity index (χ1n) is 8.93. The summed E-state index contributed by atoms with van der Waals surface area (Å²) < 4.78 is 13.3. The molecule has 4 rings (SSSR count). The molecule has 138 valence electrons. The maximum Gasteiger partial charge on any atom is 0.325 e. The minimum Gasteiger partial charge on any atom is -0.319 e. The van der Waals surface area contributed by atoms with Gasteiger partial charge < -0.3 is 5.32 Å². The van der Waals surface area contributed by atoms with Crippen molar-refractivity contribution >= 4 is 17.7 Å². The minimum atomic E-state index is -1.21. The van der Waals surface area contributed by atoms with Gasteiger partial charge in [-0.3, -0.25) is 14.5 Å². The normalized spacial score (nSPS) is 21.3. The third-order valence-corrected chi connectivity index (χ3v) is 5.40. The number of nitrogens with one attached hydrogen (secondary N) is 1. The second-order valence-corrected chi connectivity index (χ2v) is 7.22. The third kappa shape index (κ3) is 2.91. The van der Waals surface area contributed by atoms with Crippen LogP contribution in [0.4, 0.5) is 9.18 Å². The largest absolute Gasteiger partial charge is 0.325 e. The standard InChI is InChI=1S/C21H19FN2O3/c1-21(16-9-8-13-4-2-5-14(13)10-16)19(26)24(20(27)23-21)12-18(25)15-6-3-7-17(22)11-15/h3,6-11H,2,4-5,12H2,1H3,(H,23,27)/t21-/m1/s1. The molecule has 0 unspecified atom stereocenters. The molecule has 1 N–H and O–H groups in total. The van der Waals surface area contributed by atoms with E-state index < -0.39 is 35.6 Å². The molecule has 2 aliphatic rings. The fourth-order valence-corrected chi connectivity index (χ4v) is 3.82. The van der Waals surface area contributed by atoms with Gasteiger partial charge in [-0.1, -0.05) is 30.3 Å². The number of carbonyl (C=O) groups is 3. The summed E-state index contributed by atoms with van der Waals surface area (Å²) in [4.78, 5) is 38.7. The number of ketones is 1. The highest BCUT2D eigenvalue weighted by Gasteiger charge is 2.49. The van der Waals surface area contributed by atoms with Crippen LogP contribution in [0, 0.1) is 5.82 Å². The molecule has 1 aliphatic heterocycles. The average molecular weight is 366 g/mol. The molecule has 27 heavy (non-hydrogen) atoms. The fourth-order valence-electron chi connectivity index (χ4n) is 3.82. The molecule has 0 radical (unpaired) electrons. The molecule has 2 aromatic carbocycles. The van der Waals surface area contributed by atoms with Gasteiger partial charge in [0.2, 0.25) is 0 Å². The smallest absolute Gasteiger partial charge is 0.319 e. The predicted octanol–water partition coefficient (Wildman–Crippen LogP) is 2.96. The molecule has 1 heterocycles. The second-order valence-electron chi connectivity index (χ2n) is 7.22. The van der Waals surface area contributed by atoms with Crippen LogP contribution in [0.2, 0.25) is 0 Å². The molecule has 6 heteroatoms. The number of carbonyl (C=O) groups excluding carboxylic acids is 3. The fraction of sp³-hybridized carbons (Fsp3) is 0.286. The Morgan fingerprint density at radius 2 is 1.93 bits per heavy atom. The summed E-state index contributed by atoms with van der Waals surface area (Å²) in [6.07, 6.45) is 3.08. The topological polar surface area (TPSA) is 66.5 Å². The van der Waals surface area contributed by atoms with Crippen LogP contribution >= 0.6 is 0 Å². The lowest BCUT2D eigenvalue weighted by Gasteiger charge is -2.23. The maximum atomic E-state index is 13.3. The van der Waals surface area contributed by atoms with Gasteiger partial charge in [0.15, 0.2) is 5.78 Å². The van der Waals surface area contributed by atoms with Gasteiger partial charge in [-0.15, -0.1) is 0 Å². The van der Waals surface area contributed by atoms with Crippen LogP contribution in [0.25, 0.3) is 0 Å². The maximum absolute atomic E-state index is 13.3. The van der Waals surface area contributed by atoms with E-state index in [1.165, 1.54) is 29.3 Å². The molecular weight excluding hydrogens is 347 g/mol. The number of halogens is 1. The van der Waals surface area contributed by atoms with Gasteiger partial charge in [0.1, 0.15) is 11.4 Å². The van der Waals surface area contributed by atoms with Crippen LogP contribution in [-0.4, -0.2) is 29.2 Å². The average Bonchev–Trinajstić information content (AvgIpc) is 3.20. The van der Waals surface area contributed by atoms with Gasteiger partial charge in [-0.05, 0) is 55.0 Å². The summed E-state index contributed by atoms with van der Waals surface area (Å²) in [5.41, 5.74) is 2.10. The van der Waals surface area contributed by atoms with E-state index >= 15 is 0 Å². The van der Waals surface area contributed by atoms with E-state index in [9.17, 15) is 18.8 Å². The van der Waals surface area contributed by atoms with E-state index in [2.05, 4.69) is 5.32 Å². The summed E-state index contributed by atoms with van der Waals surface area (Å²) in [5.74, 6) is -1.51.